The van der Waals surface area contributed by atoms with Crippen LogP contribution in [0.2, 0.25) is 0 Å². The van der Waals surface area contributed by atoms with Gasteiger partial charge in [-0.05, 0) is 25.0 Å². The van der Waals surface area contributed by atoms with Crippen LogP contribution in [-0.4, -0.2) is 17.9 Å². The number of nitrogens with two attached hydrogens (primary N) is 1. The number of alkyl halides is 3. The predicted molar refractivity (Wildman–Crippen MR) is 71.4 cm³/mol. The summed E-state index contributed by atoms with van der Waals surface area (Å²) in [5.74, 6) is -1.90. The number of unbranched alkanes of at least 4 members (excludes halogenated alkanes) is 1. The maximum absolute atomic E-state index is 12.8. The fourth-order valence-corrected chi connectivity index (χ4v) is 1.84. The Labute approximate surface area is 124 Å². The molecule has 0 radical (unpaired) electrons. The summed E-state index contributed by atoms with van der Waals surface area (Å²) < 4.78 is 38.5. The van der Waals surface area contributed by atoms with Crippen LogP contribution in [0, 0.1) is 11.3 Å². The second-order valence-electron chi connectivity index (χ2n) is 4.52. The van der Waals surface area contributed by atoms with Gasteiger partial charge in [-0.3, -0.25) is 9.59 Å². The van der Waals surface area contributed by atoms with Gasteiger partial charge in [0.05, 0.1) is 17.2 Å². The van der Waals surface area contributed by atoms with Crippen molar-refractivity contribution in [2.24, 2.45) is 5.73 Å². The van der Waals surface area contributed by atoms with Crippen LogP contribution in [0.3, 0.4) is 0 Å². The van der Waals surface area contributed by atoms with E-state index in [1.807, 2.05) is 6.07 Å². The van der Waals surface area contributed by atoms with E-state index >= 15 is 0 Å². The van der Waals surface area contributed by atoms with Crippen LogP contribution in [0.15, 0.2) is 24.3 Å². The third-order valence-electron chi connectivity index (χ3n) is 2.91. The highest BCUT2D eigenvalue weighted by atomic mass is 19.4. The quantitative estimate of drug-likeness (QED) is 0.786. The first kappa shape index (κ1) is 17.5. The lowest BCUT2D eigenvalue weighted by atomic mass is 10.0. The van der Waals surface area contributed by atoms with Gasteiger partial charge in [0.25, 0.3) is 5.91 Å². The summed E-state index contributed by atoms with van der Waals surface area (Å²) >= 11 is 0. The number of carbonyl (C=O) groups is 2. The summed E-state index contributed by atoms with van der Waals surface area (Å²) in [6.45, 7) is 0. The number of nitrogens with zero attached hydrogens (tertiary/aromatic N) is 1. The molecule has 0 heterocycles. The molecule has 3 N–H and O–H groups in total. The molecule has 0 unspecified atom stereocenters. The predicted octanol–water partition coefficient (Wildman–Crippen LogP) is 1.98. The molecule has 118 valence electrons. The van der Waals surface area contributed by atoms with E-state index in [4.69, 9.17) is 11.0 Å². The molecule has 0 aliphatic heterocycles. The lowest BCUT2D eigenvalue weighted by Gasteiger charge is -2.17. The van der Waals surface area contributed by atoms with Gasteiger partial charge >= 0.3 is 6.18 Å². The Morgan fingerprint density at radius 3 is 2.50 bits per heavy atom. The number of halogens is 3. The second kappa shape index (κ2) is 7.45. The van der Waals surface area contributed by atoms with Crippen molar-refractivity contribution in [3.8, 4) is 6.07 Å². The topological polar surface area (TPSA) is 96.0 Å². The Hall–Kier alpha value is -2.56. The highest BCUT2D eigenvalue weighted by molar-refractivity contribution is 5.98. The first-order valence-corrected chi connectivity index (χ1v) is 6.40. The third kappa shape index (κ3) is 4.77. The maximum Gasteiger partial charge on any atom is 0.417 e. The Balaban J connectivity index is 2.92. The van der Waals surface area contributed by atoms with Crippen LogP contribution in [0.5, 0.6) is 0 Å². The number of amides is 2. The molecule has 1 atom stereocenters. The number of rotatable bonds is 6. The zero-order valence-electron chi connectivity index (χ0n) is 11.5. The molecule has 0 aromatic heterocycles. The molecular formula is C14H14F3N3O2. The third-order valence-corrected chi connectivity index (χ3v) is 2.91. The zero-order valence-corrected chi connectivity index (χ0v) is 11.5. The van der Waals surface area contributed by atoms with Gasteiger partial charge in [-0.2, -0.15) is 18.4 Å². The van der Waals surface area contributed by atoms with Crippen molar-refractivity contribution >= 4 is 11.8 Å². The SMILES string of the molecule is N#CCCC[C@H](NC(=O)c1ccccc1C(F)(F)F)C(N)=O. The summed E-state index contributed by atoms with van der Waals surface area (Å²) in [7, 11) is 0. The average molecular weight is 313 g/mol. The number of benzene rings is 1. The van der Waals surface area contributed by atoms with Crippen LogP contribution >= 0.6 is 0 Å². The molecular weight excluding hydrogens is 299 g/mol. The van der Waals surface area contributed by atoms with Crippen molar-refractivity contribution in [1.82, 2.24) is 5.32 Å². The zero-order chi connectivity index (χ0) is 16.8. The molecule has 0 saturated heterocycles. The standard InChI is InChI=1S/C14H14F3N3O2/c15-14(16,17)10-6-2-1-5-9(10)13(22)20-11(12(19)21)7-3-4-8-18/h1-2,5-6,11H,3-4,7H2,(H2,19,21)(H,20,22)/t11-/m0/s1. The number of nitrogens with one attached hydrogen (secondary N) is 1. The van der Waals surface area contributed by atoms with Gasteiger partial charge in [0.1, 0.15) is 6.04 Å². The fraction of sp³-hybridized carbons (Fsp3) is 0.357. The Morgan fingerprint density at radius 1 is 1.32 bits per heavy atom. The van der Waals surface area contributed by atoms with Crippen molar-refractivity contribution in [2.75, 3.05) is 0 Å². The van der Waals surface area contributed by atoms with Gasteiger partial charge in [-0.1, -0.05) is 12.1 Å². The molecule has 1 rings (SSSR count). The highest BCUT2D eigenvalue weighted by Gasteiger charge is 2.35. The summed E-state index contributed by atoms with van der Waals surface area (Å²) in [5, 5.41) is 10.6. The summed E-state index contributed by atoms with van der Waals surface area (Å²) in [6, 6.07) is 5.00. The first-order chi connectivity index (χ1) is 10.3. The van der Waals surface area contributed by atoms with Crippen molar-refractivity contribution in [3.63, 3.8) is 0 Å². The van der Waals surface area contributed by atoms with Crippen molar-refractivity contribution in [1.29, 1.82) is 5.26 Å². The number of hydrogen-bond acceptors (Lipinski definition) is 3. The molecule has 0 fully saturated rings. The minimum atomic E-state index is -4.68. The van der Waals surface area contributed by atoms with Crippen molar-refractivity contribution in [3.05, 3.63) is 35.4 Å². The van der Waals surface area contributed by atoms with E-state index in [0.29, 0.717) is 6.42 Å². The van der Waals surface area contributed by atoms with E-state index in [9.17, 15) is 22.8 Å². The monoisotopic (exact) mass is 313 g/mol. The number of nitriles is 1. The van der Waals surface area contributed by atoms with E-state index in [1.165, 1.54) is 6.07 Å². The second-order valence-corrected chi connectivity index (χ2v) is 4.52. The number of carbonyl (C=O) groups excluding carboxylic acids is 2. The molecule has 2 amide bonds. The van der Waals surface area contributed by atoms with Gasteiger partial charge in [-0.15, -0.1) is 0 Å². The molecule has 0 saturated carbocycles. The molecule has 1 aromatic rings. The maximum atomic E-state index is 12.8. The van der Waals surface area contributed by atoms with Gasteiger partial charge in [0.2, 0.25) is 5.91 Å². The van der Waals surface area contributed by atoms with Gasteiger partial charge in [0.15, 0.2) is 0 Å². The van der Waals surface area contributed by atoms with Gasteiger partial charge in [-0.25, -0.2) is 0 Å². The van der Waals surface area contributed by atoms with Gasteiger partial charge < -0.3 is 11.1 Å². The summed E-state index contributed by atoms with van der Waals surface area (Å²) in [4.78, 5) is 23.2. The van der Waals surface area contributed by atoms with Gasteiger partial charge in [0, 0.05) is 6.42 Å². The van der Waals surface area contributed by atoms with Crippen molar-refractivity contribution in [2.45, 2.75) is 31.5 Å². The van der Waals surface area contributed by atoms with E-state index in [0.717, 1.165) is 18.2 Å². The van der Waals surface area contributed by atoms with E-state index in [-0.39, 0.29) is 12.8 Å². The molecule has 22 heavy (non-hydrogen) atoms. The smallest absolute Gasteiger partial charge is 0.368 e. The molecule has 0 aliphatic carbocycles. The molecule has 0 spiro atoms. The Kier molecular flexibility index (Phi) is 5.92. The van der Waals surface area contributed by atoms with Crippen LogP contribution < -0.4 is 11.1 Å². The lowest BCUT2D eigenvalue weighted by Crippen LogP contribution is -2.44. The van der Waals surface area contributed by atoms with E-state index in [2.05, 4.69) is 5.32 Å². The minimum Gasteiger partial charge on any atom is -0.368 e. The van der Waals surface area contributed by atoms with Crippen LogP contribution in [0.25, 0.3) is 0 Å². The largest absolute Gasteiger partial charge is 0.417 e. The normalized spacial score (nSPS) is 12.3. The fourth-order valence-electron chi connectivity index (χ4n) is 1.84. The Bertz CT molecular complexity index is 594. The van der Waals surface area contributed by atoms with Crippen LogP contribution in [0.4, 0.5) is 13.2 Å². The molecule has 8 heteroatoms. The van der Waals surface area contributed by atoms with Crippen LogP contribution in [-0.2, 0) is 11.0 Å². The van der Waals surface area contributed by atoms with E-state index in [1.54, 1.807) is 0 Å². The average Bonchev–Trinajstić information content (AvgIpc) is 2.45. The first-order valence-electron chi connectivity index (χ1n) is 6.40. The molecule has 1 aromatic carbocycles. The van der Waals surface area contributed by atoms with E-state index < -0.39 is 35.2 Å². The minimum absolute atomic E-state index is 0.0861. The number of primary amides is 1. The highest BCUT2D eigenvalue weighted by Crippen LogP contribution is 2.31. The van der Waals surface area contributed by atoms with Crippen molar-refractivity contribution < 1.29 is 22.8 Å². The molecule has 0 aliphatic rings. The summed E-state index contributed by atoms with van der Waals surface area (Å²) in [5.41, 5.74) is 3.44. The number of hydrogen-bond donors (Lipinski definition) is 2. The Morgan fingerprint density at radius 2 is 1.95 bits per heavy atom. The molecule has 5 nitrogen and oxygen atoms in total. The summed E-state index contributed by atoms with van der Waals surface area (Å²) in [6.07, 6.45) is -4.15. The van der Waals surface area contributed by atoms with Crippen LogP contribution in [0.1, 0.15) is 35.2 Å². The lowest BCUT2D eigenvalue weighted by molar-refractivity contribution is -0.137. The molecule has 0 bridgehead atoms.